The number of alkyl halides is 24. The molecule has 434 valence electrons. The summed E-state index contributed by atoms with van der Waals surface area (Å²) in [6, 6.07) is 9.79. The SMILES string of the molecule is FC(F)(F)c1cc([B-](c2cc(C(F)(F)F)cc(C(F)(F)F)c2)(c2cc(C(F)(F)F)cc(C(F)(F)F)c2)c2cc(C(F)(F)F)cc(C(F)(F)F)c2)cc(C(F)(F)F)c1.O=C(C[n+]1ccncc1C(=O)C=Cc1ccccc1)c1ccccc1. The molecule has 0 radical (unpaired) electrons. The van der Waals surface area contributed by atoms with Crippen LogP contribution in [0.5, 0.6) is 0 Å². The molecule has 7 rings (SSSR count). The van der Waals surface area contributed by atoms with Gasteiger partial charge >= 0.3 is 49.4 Å². The first-order chi connectivity index (χ1) is 37.5. The zero-order chi connectivity index (χ0) is 61.4. The van der Waals surface area contributed by atoms with Crippen molar-refractivity contribution in [3.05, 3.63) is 219 Å². The van der Waals surface area contributed by atoms with Crippen molar-refractivity contribution in [2.75, 3.05) is 0 Å². The van der Waals surface area contributed by atoms with Crippen LogP contribution in [0.2, 0.25) is 0 Å². The van der Waals surface area contributed by atoms with Crippen LogP contribution in [0.15, 0.2) is 158 Å². The fourth-order valence-electron chi connectivity index (χ4n) is 8.49. The van der Waals surface area contributed by atoms with E-state index < -0.39 is 195 Å². The monoisotopic (exact) mass is 1190 g/mol. The molecule has 82 heavy (non-hydrogen) atoms. The normalized spacial score (nSPS) is 13.2. The molecule has 4 nitrogen and oxygen atoms in total. The van der Waals surface area contributed by atoms with E-state index in [2.05, 4.69) is 4.98 Å². The first kappa shape index (κ1) is 63.1. The number of halogens is 24. The average Bonchev–Trinajstić information content (AvgIpc) is 3.54. The van der Waals surface area contributed by atoms with Gasteiger partial charge < -0.3 is 0 Å². The summed E-state index contributed by atoms with van der Waals surface area (Å²) in [5, 5.41) is 0. The summed E-state index contributed by atoms with van der Waals surface area (Å²) in [7, 11) is 0. The lowest BCUT2D eigenvalue weighted by Gasteiger charge is -2.46. The van der Waals surface area contributed by atoms with Crippen LogP contribution in [0.4, 0.5) is 105 Å². The first-order valence-corrected chi connectivity index (χ1v) is 22.5. The van der Waals surface area contributed by atoms with E-state index in [-0.39, 0.29) is 18.1 Å². The van der Waals surface area contributed by atoms with E-state index in [0.29, 0.717) is 11.3 Å². The van der Waals surface area contributed by atoms with Crippen LogP contribution in [-0.4, -0.2) is 22.7 Å². The molecule has 0 atom stereocenters. The Hall–Kier alpha value is -8.14. The van der Waals surface area contributed by atoms with Crippen LogP contribution in [0.1, 0.15) is 70.9 Å². The van der Waals surface area contributed by atoms with E-state index in [1.165, 1.54) is 12.3 Å². The number of ketones is 2. The van der Waals surface area contributed by atoms with Gasteiger partial charge in [0, 0.05) is 5.56 Å². The van der Waals surface area contributed by atoms with Gasteiger partial charge in [0.25, 0.3) is 11.5 Å². The lowest BCUT2D eigenvalue weighted by molar-refractivity contribution is -0.685. The van der Waals surface area contributed by atoms with Gasteiger partial charge in [0.15, 0.2) is 6.20 Å². The Kier molecular flexibility index (Phi) is 17.4. The van der Waals surface area contributed by atoms with E-state index in [0.717, 1.165) is 5.56 Å². The molecule has 0 N–H and O–H groups in total. The van der Waals surface area contributed by atoms with Crippen LogP contribution < -0.4 is 26.4 Å². The Labute approximate surface area is 444 Å². The number of hydrogen-bond donors (Lipinski definition) is 0. The second-order valence-corrected chi connectivity index (χ2v) is 17.7. The number of carbonyl (C=O) groups is 2. The van der Waals surface area contributed by atoms with Crippen molar-refractivity contribution in [1.29, 1.82) is 0 Å². The van der Waals surface area contributed by atoms with Gasteiger partial charge in [-0.15, -0.1) is 0 Å². The number of benzene rings is 6. The molecule has 7 aromatic rings. The highest BCUT2D eigenvalue weighted by atomic mass is 19.4. The number of Topliss-reactive ketones (excluding diaryl/α,β-unsaturated/α-hetero) is 1. The Bertz CT molecular complexity index is 3050. The molecule has 1 heterocycles. The number of hydrogen-bond acceptors (Lipinski definition) is 3. The predicted octanol–water partition coefficient (Wildman–Crippen LogP) is 14.4. The van der Waals surface area contributed by atoms with Gasteiger partial charge in [-0.05, 0) is 35.9 Å². The Balaban J connectivity index is 0.000000357. The van der Waals surface area contributed by atoms with Crippen molar-refractivity contribution < 1.29 is 120 Å². The smallest absolute Gasteiger partial charge is 0.287 e. The predicted molar refractivity (Wildman–Crippen MR) is 245 cm³/mol. The third kappa shape index (κ3) is 14.9. The molecule has 1 aromatic heterocycles. The minimum atomic E-state index is -6.13. The molecule has 0 saturated carbocycles. The lowest BCUT2D eigenvalue weighted by atomic mass is 9.12. The van der Waals surface area contributed by atoms with Crippen LogP contribution in [-0.2, 0) is 56.0 Å². The molecule has 0 amide bonds. The van der Waals surface area contributed by atoms with Crippen molar-refractivity contribution in [3.8, 4) is 0 Å². The second kappa shape index (κ2) is 22.7. The summed E-state index contributed by atoms with van der Waals surface area (Å²) in [6.45, 7) is 0.0901. The van der Waals surface area contributed by atoms with E-state index in [1.807, 2.05) is 48.5 Å². The molecule has 29 heteroatoms. The average molecular weight is 1190 g/mol. The number of nitrogens with zero attached hydrogens (tertiary/aromatic N) is 2. The summed E-state index contributed by atoms with van der Waals surface area (Å²) in [4.78, 5) is 28.9. The maximum absolute atomic E-state index is 14.2. The molecule has 0 aliphatic heterocycles. The van der Waals surface area contributed by atoms with Crippen LogP contribution in [0.25, 0.3) is 6.08 Å². The number of rotatable bonds is 10. The van der Waals surface area contributed by atoms with Gasteiger partial charge in [0.2, 0.25) is 12.3 Å². The van der Waals surface area contributed by atoms with Crippen molar-refractivity contribution in [2.24, 2.45) is 0 Å². The highest BCUT2D eigenvalue weighted by Gasteiger charge is 2.47. The topological polar surface area (TPSA) is 50.9 Å². The maximum atomic E-state index is 14.2. The quantitative estimate of drug-likeness (QED) is 0.0451. The third-order valence-electron chi connectivity index (χ3n) is 12.2. The van der Waals surface area contributed by atoms with Gasteiger partial charge in [-0.25, -0.2) is 0 Å². The summed E-state index contributed by atoms with van der Waals surface area (Å²) in [6.07, 6.45) is -46.9. The molecule has 6 aromatic carbocycles. The van der Waals surface area contributed by atoms with Crippen molar-refractivity contribution in [1.82, 2.24) is 4.98 Å². The largest absolute Gasteiger partial charge is 0.416 e. The van der Waals surface area contributed by atoms with Crippen LogP contribution in [0.3, 0.4) is 0 Å². The zero-order valence-corrected chi connectivity index (χ0v) is 40.2. The molecular formula is C53H29BF24N2O2. The summed E-state index contributed by atoms with van der Waals surface area (Å²) >= 11 is 0. The Morgan fingerprint density at radius 2 is 0.683 bits per heavy atom. The fourth-order valence-corrected chi connectivity index (χ4v) is 8.49. The summed E-state index contributed by atoms with van der Waals surface area (Å²) in [5.74, 6) is -0.254. The number of allylic oxidation sites excluding steroid dienone is 1. The fraction of sp³-hybridized carbons (Fsp3) is 0.170. The molecule has 0 fully saturated rings. The zero-order valence-electron chi connectivity index (χ0n) is 40.2. The standard InChI is InChI=1S/C32H12BF24.C21H17N2O2/c34-25(35,36)13-1-14(26(37,38)39)6-21(5-13)33(22-7-15(27(40,41)42)2-16(8-22)28(43,44)45,23-9-17(29(46,47)48)3-18(10-23)30(49,50)51)24-11-19(31(52,53)54)4-20(12-24)32(55,56)57;24-20(12-11-17-7-3-1-4-8-17)19-15-22-13-14-23(19)16-21(25)18-9-5-2-6-10-18/h1-12H;1-15H,16H2/q-1;+1. The Morgan fingerprint density at radius 1 is 0.402 bits per heavy atom. The van der Waals surface area contributed by atoms with E-state index in [4.69, 9.17) is 0 Å². The van der Waals surface area contributed by atoms with Crippen molar-refractivity contribution in [3.63, 3.8) is 0 Å². The Morgan fingerprint density at radius 3 is 0.963 bits per heavy atom. The molecule has 0 aliphatic carbocycles. The first-order valence-electron chi connectivity index (χ1n) is 22.5. The molecule has 0 aliphatic rings. The maximum Gasteiger partial charge on any atom is 0.416 e. The minimum absolute atomic E-state index is 0.0575. The van der Waals surface area contributed by atoms with Gasteiger partial charge in [-0.2, -0.15) is 132 Å². The van der Waals surface area contributed by atoms with E-state index in [9.17, 15) is 115 Å². The molecule has 0 spiro atoms. The second-order valence-electron chi connectivity index (χ2n) is 17.7. The van der Waals surface area contributed by atoms with Gasteiger partial charge in [0.1, 0.15) is 12.3 Å². The minimum Gasteiger partial charge on any atom is -0.287 e. The molecule has 0 bridgehead atoms. The third-order valence-corrected chi connectivity index (χ3v) is 12.2. The van der Waals surface area contributed by atoms with Gasteiger partial charge in [-0.1, -0.05) is 115 Å². The summed E-state index contributed by atoms with van der Waals surface area (Å²) < 4.78 is 342. The van der Waals surface area contributed by atoms with Crippen LogP contribution >= 0.6 is 0 Å². The highest BCUT2D eigenvalue weighted by Crippen LogP contribution is 2.41. The van der Waals surface area contributed by atoms with E-state index >= 15 is 0 Å². The molecule has 0 saturated heterocycles. The van der Waals surface area contributed by atoms with Crippen molar-refractivity contribution in [2.45, 2.75) is 56.0 Å². The highest BCUT2D eigenvalue weighted by molar-refractivity contribution is 7.20. The van der Waals surface area contributed by atoms with Crippen molar-refractivity contribution >= 4 is 45.6 Å². The van der Waals surface area contributed by atoms with Gasteiger partial charge in [-0.3, -0.25) is 14.6 Å². The summed E-state index contributed by atoms with van der Waals surface area (Å²) in [5.41, 5.74) is -28.3. The number of aromatic nitrogens is 2. The van der Waals surface area contributed by atoms with E-state index in [1.54, 1.807) is 35.2 Å². The molecule has 0 unspecified atom stereocenters. The van der Waals surface area contributed by atoms with Gasteiger partial charge in [0.05, 0.1) is 50.7 Å². The number of carbonyl (C=O) groups excluding carboxylic acids is 2. The molecular weight excluding hydrogens is 1160 g/mol. The lowest BCUT2D eigenvalue weighted by Crippen LogP contribution is -2.75. The van der Waals surface area contributed by atoms with Crippen LogP contribution in [0, 0.1) is 0 Å².